The SMILES string of the molecule is COC1(CN[C@@H]2C[C@H]2c2ccccc2)CCN(S(=O)(=O)c2ccn(C)n2)CC1. The number of piperidine rings is 1. The minimum Gasteiger partial charge on any atom is -0.377 e. The van der Waals surface area contributed by atoms with E-state index in [0.717, 1.165) is 13.0 Å². The molecular formula is C20H28N4O3S. The second-order valence-electron chi connectivity index (χ2n) is 7.86. The molecule has 7 nitrogen and oxygen atoms in total. The number of hydrogen-bond acceptors (Lipinski definition) is 5. The fraction of sp³-hybridized carbons (Fsp3) is 0.550. The van der Waals surface area contributed by atoms with Gasteiger partial charge in [-0.15, -0.1) is 0 Å². The van der Waals surface area contributed by atoms with E-state index in [-0.39, 0.29) is 10.6 Å². The van der Waals surface area contributed by atoms with Crippen molar-refractivity contribution in [1.29, 1.82) is 0 Å². The van der Waals surface area contributed by atoms with Crippen LogP contribution in [0.1, 0.15) is 30.7 Å². The van der Waals surface area contributed by atoms with Crippen molar-refractivity contribution in [2.45, 2.75) is 41.8 Å². The molecule has 0 bridgehead atoms. The van der Waals surface area contributed by atoms with Gasteiger partial charge >= 0.3 is 0 Å². The molecule has 0 spiro atoms. The highest BCUT2D eigenvalue weighted by molar-refractivity contribution is 7.89. The van der Waals surface area contributed by atoms with Crippen molar-refractivity contribution in [3.05, 3.63) is 48.2 Å². The van der Waals surface area contributed by atoms with Crippen molar-refractivity contribution in [3.8, 4) is 0 Å². The van der Waals surface area contributed by atoms with E-state index >= 15 is 0 Å². The summed E-state index contributed by atoms with van der Waals surface area (Å²) in [4.78, 5) is 0. The van der Waals surface area contributed by atoms with E-state index in [9.17, 15) is 8.42 Å². The Labute approximate surface area is 166 Å². The van der Waals surface area contributed by atoms with Gasteiger partial charge in [-0.25, -0.2) is 8.42 Å². The topological polar surface area (TPSA) is 76.5 Å². The Hall–Kier alpha value is -1.74. The molecule has 2 fully saturated rings. The van der Waals surface area contributed by atoms with Gasteiger partial charge in [-0.3, -0.25) is 4.68 Å². The van der Waals surface area contributed by atoms with Crippen LogP contribution in [-0.2, 0) is 21.8 Å². The Bertz CT molecular complexity index is 905. The average molecular weight is 405 g/mol. The summed E-state index contributed by atoms with van der Waals surface area (Å²) in [5, 5.41) is 7.82. The fourth-order valence-electron chi connectivity index (χ4n) is 4.06. The lowest BCUT2D eigenvalue weighted by atomic mass is 9.92. The molecule has 1 saturated heterocycles. The lowest BCUT2D eigenvalue weighted by molar-refractivity contribution is -0.0440. The summed E-state index contributed by atoms with van der Waals surface area (Å²) in [5.74, 6) is 0.569. The fourth-order valence-corrected chi connectivity index (χ4v) is 5.45. The second-order valence-corrected chi connectivity index (χ2v) is 9.74. The largest absolute Gasteiger partial charge is 0.377 e. The molecule has 0 amide bonds. The van der Waals surface area contributed by atoms with Gasteiger partial charge in [-0.05, 0) is 30.9 Å². The molecule has 1 aromatic carbocycles. The number of sulfonamides is 1. The van der Waals surface area contributed by atoms with Crippen molar-refractivity contribution in [3.63, 3.8) is 0 Å². The Morgan fingerprint density at radius 3 is 2.54 bits per heavy atom. The van der Waals surface area contributed by atoms with E-state index in [1.54, 1.807) is 26.4 Å². The van der Waals surface area contributed by atoms with E-state index in [1.165, 1.54) is 14.6 Å². The van der Waals surface area contributed by atoms with Crippen LogP contribution in [0.2, 0.25) is 0 Å². The molecule has 1 aromatic heterocycles. The van der Waals surface area contributed by atoms with Gasteiger partial charge in [0.05, 0.1) is 5.60 Å². The van der Waals surface area contributed by atoms with Gasteiger partial charge in [0.15, 0.2) is 5.03 Å². The highest BCUT2D eigenvalue weighted by Gasteiger charge is 2.43. The summed E-state index contributed by atoms with van der Waals surface area (Å²) >= 11 is 0. The summed E-state index contributed by atoms with van der Waals surface area (Å²) < 4.78 is 34.4. The van der Waals surface area contributed by atoms with Crippen LogP contribution < -0.4 is 5.32 Å². The van der Waals surface area contributed by atoms with Crippen LogP contribution in [-0.4, -0.2) is 60.9 Å². The van der Waals surface area contributed by atoms with Crippen molar-refractivity contribution in [1.82, 2.24) is 19.4 Å². The molecule has 0 radical (unpaired) electrons. The van der Waals surface area contributed by atoms with E-state index in [1.807, 2.05) is 6.07 Å². The van der Waals surface area contributed by atoms with Crippen LogP contribution in [0, 0.1) is 0 Å². The van der Waals surface area contributed by atoms with Crippen LogP contribution >= 0.6 is 0 Å². The third-order valence-electron chi connectivity index (χ3n) is 6.06. The lowest BCUT2D eigenvalue weighted by Crippen LogP contribution is -2.52. The van der Waals surface area contributed by atoms with E-state index in [4.69, 9.17) is 4.74 Å². The van der Waals surface area contributed by atoms with Crippen LogP contribution in [0.5, 0.6) is 0 Å². The zero-order chi connectivity index (χ0) is 19.8. The normalized spacial score (nSPS) is 24.9. The molecule has 2 aliphatic rings. The number of hydrogen-bond donors (Lipinski definition) is 1. The number of benzene rings is 1. The molecule has 1 N–H and O–H groups in total. The quantitative estimate of drug-likeness (QED) is 0.761. The van der Waals surface area contributed by atoms with Gasteiger partial charge in [-0.2, -0.15) is 9.40 Å². The number of methoxy groups -OCH3 is 1. The molecule has 1 saturated carbocycles. The highest BCUT2D eigenvalue weighted by Crippen LogP contribution is 2.41. The Balaban J connectivity index is 1.33. The van der Waals surface area contributed by atoms with Crippen LogP contribution in [0.3, 0.4) is 0 Å². The molecule has 0 unspecified atom stereocenters. The summed E-state index contributed by atoms with van der Waals surface area (Å²) in [6.07, 6.45) is 4.14. The predicted octanol–water partition coefficient (Wildman–Crippen LogP) is 1.74. The average Bonchev–Trinajstić information content (AvgIpc) is 3.37. The van der Waals surface area contributed by atoms with Gasteiger partial charge < -0.3 is 10.1 Å². The van der Waals surface area contributed by atoms with E-state index < -0.39 is 10.0 Å². The molecule has 2 aromatic rings. The van der Waals surface area contributed by atoms with Crippen molar-refractivity contribution >= 4 is 10.0 Å². The lowest BCUT2D eigenvalue weighted by Gasteiger charge is -2.40. The molecular weight excluding hydrogens is 376 g/mol. The maximum atomic E-state index is 12.8. The van der Waals surface area contributed by atoms with Crippen molar-refractivity contribution in [2.75, 3.05) is 26.7 Å². The minimum absolute atomic E-state index is 0.113. The first kappa shape index (κ1) is 19.6. The molecule has 2 atom stereocenters. The molecule has 28 heavy (non-hydrogen) atoms. The highest BCUT2D eigenvalue weighted by atomic mass is 32.2. The number of aryl methyl sites for hydroxylation is 1. The number of rotatable bonds is 7. The second kappa shape index (κ2) is 7.59. The summed E-state index contributed by atoms with van der Waals surface area (Å²) in [6.45, 7) is 1.64. The van der Waals surface area contributed by atoms with Gasteiger partial charge in [0.25, 0.3) is 10.0 Å². The third-order valence-corrected chi connectivity index (χ3v) is 7.86. The Morgan fingerprint density at radius 1 is 1.21 bits per heavy atom. The van der Waals surface area contributed by atoms with Crippen LogP contribution in [0.4, 0.5) is 0 Å². The van der Waals surface area contributed by atoms with Gasteiger partial charge in [0.1, 0.15) is 0 Å². The van der Waals surface area contributed by atoms with Crippen molar-refractivity contribution < 1.29 is 13.2 Å². The summed E-state index contributed by atoms with van der Waals surface area (Å²) in [5.41, 5.74) is 1.06. The first-order valence-electron chi connectivity index (χ1n) is 9.77. The summed E-state index contributed by atoms with van der Waals surface area (Å²) in [7, 11) is -0.0899. The molecule has 1 aliphatic carbocycles. The zero-order valence-electron chi connectivity index (χ0n) is 16.4. The number of aromatic nitrogens is 2. The monoisotopic (exact) mass is 404 g/mol. The molecule has 8 heteroatoms. The van der Waals surface area contributed by atoms with Crippen LogP contribution in [0.15, 0.2) is 47.6 Å². The van der Waals surface area contributed by atoms with Gasteiger partial charge in [0.2, 0.25) is 0 Å². The number of nitrogens with one attached hydrogen (secondary N) is 1. The molecule has 4 rings (SSSR count). The van der Waals surface area contributed by atoms with Crippen molar-refractivity contribution in [2.24, 2.45) is 7.05 Å². The smallest absolute Gasteiger partial charge is 0.262 e. The first-order chi connectivity index (χ1) is 13.4. The third kappa shape index (κ3) is 3.87. The minimum atomic E-state index is -3.54. The van der Waals surface area contributed by atoms with Crippen LogP contribution in [0.25, 0.3) is 0 Å². The van der Waals surface area contributed by atoms with E-state index in [0.29, 0.717) is 37.9 Å². The number of nitrogens with zero attached hydrogens (tertiary/aromatic N) is 3. The Morgan fingerprint density at radius 2 is 1.93 bits per heavy atom. The number of ether oxygens (including phenoxy) is 1. The first-order valence-corrected chi connectivity index (χ1v) is 11.2. The maximum absolute atomic E-state index is 12.8. The maximum Gasteiger partial charge on any atom is 0.262 e. The molecule has 2 heterocycles. The van der Waals surface area contributed by atoms with E-state index in [2.05, 4.69) is 34.7 Å². The molecule has 1 aliphatic heterocycles. The van der Waals surface area contributed by atoms with Gasteiger partial charge in [-0.1, -0.05) is 30.3 Å². The Kier molecular flexibility index (Phi) is 5.30. The predicted molar refractivity (Wildman–Crippen MR) is 107 cm³/mol. The standard InChI is InChI=1S/C20H28N4O3S/c1-23-11-8-19(22-23)28(25,26)24-12-9-20(27-2,10-13-24)15-21-18-14-17(18)16-6-4-3-5-7-16/h3-8,11,17-18,21H,9-10,12-15H2,1-2H3/t17-,18+/m0/s1. The molecule has 152 valence electrons. The van der Waals surface area contributed by atoms with Gasteiger partial charge in [0, 0.05) is 51.9 Å². The summed E-state index contributed by atoms with van der Waals surface area (Å²) in [6, 6.07) is 12.6. The zero-order valence-corrected chi connectivity index (χ0v) is 17.2.